The largest absolute Gasteiger partial charge is 0.504 e. The van der Waals surface area contributed by atoms with Crippen LogP contribution in [0.2, 0.25) is 5.02 Å². The van der Waals surface area contributed by atoms with E-state index in [0.717, 1.165) is 0 Å². The number of carbonyl (C=O) groups excluding carboxylic acids is 2. The lowest BCUT2D eigenvalue weighted by molar-refractivity contribution is 0.0953. The number of hydrogen-bond donors (Lipinski definition) is 3. The molecule has 0 saturated heterocycles. The first-order chi connectivity index (χ1) is 14.5. The highest BCUT2D eigenvalue weighted by molar-refractivity contribution is 6.34. The highest BCUT2D eigenvalue weighted by Gasteiger charge is 2.11. The van der Waals surface area contributed by atoms with E-state index in [0.29, 0.717) is 33.1 Å². The van der Waals surface area contributed by atoms with E-state index in [9.17, 15) is 14.7 Å². The van der Waals surface area contributed by atoms with E-state index in [1.165, 1.54) is 25.5 Å². The van der Waals surface area contributed by atoms with Crippen molar-refractivity contribution in [2.75, 3.05) is 12.4 Å². The van der Waals surface area contributed by atoms with E-state index in [1.807, 2.05) is 0 Å². The quantitative estimate of drug-likeness (QED) is 0.411. The fraction of sp³-hybridized carbons (Fsp3) is 0.0455. The van der Waals surface area contributed by atoms with Crippen molar-refractivity contribution in [3.05, 3.63) is 88.4 Å². The summed E-state index contributed by atoms with van der Waals surface area (Å²) in [5, 5.41) is 16.6. The second-order valence-electron chi connectivity index (χ2n) is 6.15. The topological polar surface area (TPSA) is 100 Å². The predicted octanol–water partition coefficient (Wildman–Crippen LogP) is 4.07. The number of halogens is 1. The van der Waals surface area contributed by atoms with Crippen molar-refractivity contribution in [2.24, 2.45) is 5.10 Å². The molecular formula is C22H18ClN3O4. The summed E-state index contributed by atoms with van der Waals surface area (Å²) in [4.78, 5) is 24.7. The maximum Gasteiger partial charge on any atom is 0.271 e. The molecule has 3 rings (SSSR count). The van der Waals surface area contributed by atoms with E-state index in [-0.39, 0.29) is 11.7 Å². The molecule has 0 atom stereocenters. The number of nitrogens with one attached hydrogen (secondary N) is 2. The Morgan fingerprint density at radius 3 is 2.60 bits per heavy atom. The predicted molar refractivity (Wildman–Crippen MR) is 116 cm³/mol. The van der Waals surface area contributed by atoms with Crippen LogP contribution in [0.3, 0.4) is 0 Å². The van der Waals surface area contributed by atoms with Gasteiger partial charge in [0.05, 0.1) is 23.9 Å². The molecule has 0 heterocycles. The van der Waals surface area contributed by atoms with Crippen LogP contribution in [0.4, 0.5) is 5.69 Å². The van der Waals surface area contributed by atoms with Gasteiger partial charge in [0, 0.05) is 11.3 Å². The Labute approximate surface area is 178 Å². The molecule has 3 aromatic carbocycles. The molecule has 152 valence electrons. The standard InChI is InChI=1S/C22H18ClN3O4/c1-30-20-11-14(9-10-19(20)27)13-24-26-21(28)15-5-4-6-16(12-15)25-22(29)17-7-2-3-8-18(17)23/h2-13,27H,1H3,(H,25,29)(H,26,28)/b24-13-. The van der Waals surface area contributed by atoms with Gasteiger partial charge in [-0.3, -0.25) is 9.59 Å². The molecule has 3 aromatic rings. The smallest absolute Gasteiger partial charge is 0.271 e. The third-order valence-corrected chi connectivity index (χ3v) is 4.41. The second-order valence-corrected chi connectivity index (χ2v) is 6.55. The molecule has 0 fully saturated rings. The summed E-state index contributed by atoms with van der Waals surface area (Å²) in [7, 11) is 1.44. The molecule has 0 aliphatic rings. The fourth-order valence-corrected chi connectivity index (χ4v) is 2.81. The van der Waals surface area contributed by atoms with E-state index in [4.69, 9.17) is 16.3 Å². The Morgan fingerprint density at radius 2 is 1.83 bits per heavy atom. The first kappa shape index (κ1) is 20.9. The van der Waals surface area contributed by atoms with Crippen molar-refractivity contribution in [1.29, 1.82) is 0 Å². The number of nitrogens with zero attached hydrogens (tertiary/aromatic N) is 1. The van der Waals surface area contributed by atoms with Crippen LogP contribution in [-0.4, -0.2) is 30.2 Å². The van der Waals surface area contributed by atoms with Crippen molar-refractivity contribution < 1.29 is 19.4 Å². The SMILES string of the molecule is COc1cc(/C=N\NC(=O)c2cccc(NC(=O)c3ccccc3Cl)c2)ccc1O. The van der Waals surface area contributed by atoms with Gasteiger partial charge >= 0.3 is 0 Å². The molecule has 0 saturated carbocycles. The molecule has 3 N–H and O–H groups in total. The summed E-state index contributed by atoms with van der Waals surface area (Å²) >= 11 is 6.04. The molecule has 0 aromatic heterocycles. The number of anilines is 1. The summed E-state index contributed by atoms with van der Waals surface area (Å²) in [5.41, 5.74) is 4.14. The Hall–Kier alpha value is -3.84. The van der Waals surface area contributed by atoms with E-state index in [2.05, 4.69) is 15.8 Å². The van der Waals surface area contributed by atoms with Gasteiger partial charge in [-0.05, 0) is 54.1 Å². The number of ether oxygens (including phenoxy) is 1. The van der Waals surface area contributed by atoms with Crippen LogP contribution in [0.5, 0.6) is 11.5 Å². The second kappa shape index (κ2) is 9.58. The molecule has 0 radical (unpaired) electrons. The molecule has 30 heavy (non-hydrogen) atoms. The minimum absolute atomic E-state index is 0.00865. The van der Waals surface area contributed by atoms with Crippen LogP contribution < -0.4 is 15.5 Å². The number of hydrazone groups is 1. The molecular weight excluding hydrogens is 406 g/mol. The maximum absolute atomic E-state index is 12.4. The van der Waals surface area contributed by atoms with Crippen molar-refractivity contribution in [1.82, 2.24) is 5.43 Å². The summed E-state index contributed by atoms with van der Waals surface area (Å²) in [6.45, 7) is 0. The van der Waals surface area contributed by atoms with Gasteiger partial charge in [-0.2, -0.15) is 5.10 Å². The Bertz CT molecular complexity index is 1120. The minimum atomic E-state index is -0.453. The number of methoxy groups -OCH3 is 1. The third-order valence-electron chi connectivity index (χ3n) is 4.08. The zero-order chi connectivity index (χ0) is 21.5. The van der Waals surface area contributed by atoms with Crippen molar-refractivity contribution in [3.8, 4) is 11.5 Å². The van der Waals surface area contributed by atoms with Gasteiger partial charge in [0.2, 0.25) is 0 Å². The van der Waals surface area contributed by atoms with Crippen LogP contribution in [-0.2, 0) is 0 Å². The number of aromatic hydroxyl groups is 1. The molecule has 0 spiro atoms. The van der Waals surface area contributed by atoms with Gasteiger partial charge in [0.25, 0.3) is 11.8 Å². The summed E-state index contributed by atoms with van der Waals surface area (Å²) in [6.07, 6.45) is 1.42. The average molecular weight is 424 g/mol. The van der Waals surface area contributed by atoms with Gasteiger partial charge in [-0.1, -0.05) is 29.8 Å². The first-order valence-electron chi connectivity index (χ1n) is 8.84. The summed E-state index contributed by atoms with van der Waals surface area (Å²) in [5.74, 6) is -0.523. The normalized spacial score (nSPS) is 10.6. The van der Waals surface area contributed by atoms with Crippen LogP contribution in [0.15, 0.2) is 71.8 Å². The Kier molecular flexibility index (Phi) is 6.67. The van der Waals surface area contributed by atoms with Gasteiger partial charge in [0.15, 0.2) is 11.5 Å². The lowest BCUT2D eigenvalue weighted by Gasteiger charge is -2.08. The zero-order valence-electron chi connectivity index (χ0n) is 15.9. The average Bonchev–Trinajstić information content (AvgIpc) is 2.75. The maximum atomic E-state index is 12.4. The molecule has 0 unspecified atom stereocenters. The van der Waals surface area contributed by atoms with Crippen LogP contribution in [0.1, 0.15) is 26.3 Å². The van der Waals surface area contributed by atoms with Crippen molar-refractivity contribution >= 4 is 35.3 Å². The van der Waals surface area contributed by atoms with Crippen LogP contribution in [0.25, 0.3) is 0 Å². The van der Waals surface area contributed by atoms with Crippen LogP contribution >= 0.6 is 11.6 Å². The van der Waals surface area contributed by atoms with Gasteiger partial charge in [0.1, 0.15) is 0 Å². The molecule has 0 aliphatic carbocycles. The Morgan fingerprint density at radius 1 is 1.03 bits per heavy atom. The van der Waals surface area contributed by atoms with Gasteiger partial charge in [-0.15, -0.1) is 0 Å². The third kappa shape index (κ3) is 5.15. The minimum Gasteiger partial charge on any atom is -0.504 e. The fourth-order valence-electron chi connectivity index (χ4n) is 2.59. The molecule has 8 heteroatoms. The number of amides is 2. The molecule has 2 amide bonds. The number of rotatable bonds is 6. The highest BCUT2D eigenvalue weighted by atomic mass is 35.5. The number of carbonyl (C=O) groups is 2. The number of benzene rings is 3. The van der Waals surface area contributed by atoms with Gasteiger partial charge in [-0.25, -0.2) is 5.43 Å². The lowest BCUT2D eigenvalue weighted by atomic mass is 10.1. The first-order valence-corrected chi connectivity index (χ1v) is 9.22. The lowest BCUT2D eigenvalue weighted by Crippen LogP contribution is -2.18. The van der Waals surface area contributed by atoms with E-state index >= 15 is 0 Å². The highest BCUT2D eigenvalue weighted by Crippen LogP contribution is 2.25. The monoisotopic (exact) mass is 423 g/mol. The molecule has 0 aliphatic heterocycles. The number of phenols is 1. The molecule has 7 nitrogen and oxygen atoms in total. The number of hydrogen-bond acceptors (Lipinski definition) is 5. The number of phenolic OH excluding ortho intramolecular Hbond substituents is 1. The summed E-state index contributed by atoms with van der Waals surface area (Å²) < 4.78 is 5.02. The Balaban J connectivity index is 1.66. The van der Waals surface area contributed by atoms with Gasteiger partial charge < -0.3 is 15.2 Å². The van der Waals surface area contributed by atoms with Crippen molar-refractivity contribution in [3.63, 3.8) is 0 Å². The van der Waals surface area contributed by atoms with E-state index in [1.54, 1.807) is 54.6 Å². The van der Waals surface area contributed by atoms with Crippen LogP contribution in [0, 0.1) is 0 Å². The van der Waals surface area contributed by atoms with Crippen molar-refractivity contribution in [2.45, 2.75) is 0 Å². The van der Waals surface area contributed by atoms with E-state index < -0.39 is 5.91 Å². The molecule has 0 bridgehead atoms. The zero-order valence-corrected chi connectivity index (χ0v) is 16.7. The summed E-state index contributed by atoms with van der Waals surface area (Å²) in [6, 6.07) is 17.8.